The zero-order chi connectivity index (χ0) is 37.1. The summed E-state index contributed by atoms with van der Waals surface area (Å²) < 4.78 is 32.5. The van der Waals surface area contributed by atoms with Crippen LogP contribution in [0.4, 0.5) is 0 Å². The fraction of sp³-hybridized carbons (Fsp3) is 0.605. The number of esters is 2. The number of hydrogen-bond donors (Lipinski definition) is 3. The summed E-state index contributed by atoms with van der Waals surface area (Å²) in [5, 5.41) is 8.85. The van der Waals surface area contributed by atoms with Crippen LogP contribution in [0, 0.1) is 0 Å². The lowest BCUT2D eigenvalue weighted by atomic mass is 10.1. The Bertz CT molecular complexity index is 1130. The number of hydrogen-bond acceptors (Lipinski definition) is 9. The van der Waals surface area contributed by atoms with E-state index in [-0.39, 0.29) is 19.4 Å². The topological polar surface area (TPSA) is 172 Å². The third-order valence-electron chi connectivity index (χ3n) is 7.07. The van der Waals surface area contributed by atoms with Gasteiger partial charge in [-0.1, -0.05) is 125 Å². The SMILES string of the molecule is CC/C=C/C=C/C=C/CCCCCCCC(=O)OCC(COP(=O)(O)OC[C@H](N)C(=O)O)OC(=O)CCCCCCC/C=C/C=C/C=C/CC. The summed E-state index contributed by atoms with van der Waals surface area (Å²) in [4.78, 5) is 45.7. The lowest BCUT2D eigenvalue weighted by molar-refractivity contribution is -0.161. The lowest BCUT2D eigenvalue weighted by Gasteiger charge is -2.20. The molecule has 0 aromatic carbocycles. The number of carbonyl (C=O) groups is 3. The molecule has 0 saturated heterocycles. The molecule has 50 heavy (non-hydrogen) atoms. The van der Waals surface area contributed by atoms with Crippen molar-refractivity contribution in [2.24, 2.45) is 5.73 Å². The highest BCUT2D eigenvalue weighted by Crippen LogP contribution is 2.43. The third-order valence-corrected chi connectivity index (χ3v) is 8.02. The number of allylic oxidation sites excluding steroid dienone is 12. The first-order valence-electron chi connectivity index (χ1n) is 18.0. The molecular formula is C38H62NO10P. The molecule has 0 fully saturated rings. The average Bonchev–Trinajstić information content (AvgIpc) is 3.09. The maximum atomic E-state index is 12.5. The third kappa shape index (κ3) is 32.1. The Balaban J connectivity index is 4.56. The first-order valence-corrected chi connectivity index (χ1v) is 19.5. The Morgan fingerprint density at radius 1 is 0.620 bits per heavy atom. The highest BCUT2D eigenvalue weighted by Gasteiger charge is 2.28. The van der Waals surface area contributed by atoms with Crippen LogP contribution in [0.15, 0.2) is 72.9 Å². The minimum Gasteiger partial charge on any atom is -0.480 e. The van der Waals surface area contributed by atoms with Gasteiger partial charge in [-0.05, 0) is 51.4 Å². The summed E-state index contributed by atoms with van der Waals surface area (Å²) in [6, 6.07) is -1.53. The Morgan fingerprint density at radius 3 is 1.56 bits per heavy atom. The Hall–Kier alpha value is -3.08. The molecule has 0 heterocycles. The molecule has 0 radical (unpaired) electrons. The van der Waals surface area contributed by atoms with E-state index in [1.807, 2.05) is 48.6 Å². The molecule has 0 saturated carbocycles. The second-order valence-electron chi connectivity index (χ2n) is 11.7. The number of rotatable bonds is 32. The highest BCUT2D eigenvalue weighted by atomic mass is 31.2. The zero-order valence-electron chi connectivity index (χ0n) is 30.2. The monoisotopic (exact) mass is 723 g/mol. The molecule has 0 aliphatic heterocycles. The van der Waals surface area contributed by atoms with Crippen molar-refractivity contribution in [1.82, 2.24) is 0 Å². The van der Waals surface area contributed by atoms with Gasteiger partial charge in [0.15, 0.2) is 6.10 Å². The molecule has 0 aromatic rings. The van der Waals surface area contributed by atoms with E-state index in [0.717, 1.165) is 77.0 Å². The van der Waals surface area contributed by atoms with Gasteiger partial charge in [-0.15, -0.1) is 0 Å². The molecule has 0 spiro atoms. The number of unbranched alkanes of at least 4 members (excludes halogenated alkanes) is 10. The number of phosphoric acid groups is 1. The van der Waals surface area contributed by atoms with E-state index in [2.05, 4.69) is 42.7 Å². The number of aliphatic carboxylic acids is 1. The lowest BCUT2D eigenvalue weighted by Crippen LogP contribution is -2.34. The molecule has 0 aliphatic carbocycles. The van der Waals surface area contributed by atoms with Crippen LogP contribution in [0.5, 0.6) is 0 Å². The van der Waals surface area contributed by atoms with Crippen molar-refractivity contribution >= 4 is 25.7 Å². The summed E-state index contributed by atoms with van der Waals surface area (Å²) in [6.07, 6.45) is 36.9. The summed E-state index contributed by atoms with van der Waals surface area (Å²) in [5.74, 6) is -2.45. The molecule has 0 amide bonds. The van der Waals surface area contributed by atoms with Gasteiger partial charge in [0.2, 0.25) is 0 Å². The van der Waals surface area contributed by atoms with Crippen LogP contribution in [-0.2, 0) is 37.5 Å². The van der Waals surface area contributed by atoms with Crippen LogP contribution in [0.2, 0.25) is 0 Å². The van der Waals surface area contributed by atoms with E-state index in [4.69, 9.17) is 24.8 Å². The summed E-state index contributed by atoms with van der Waals surface area (Å²) >= 11 is 0. The van der Waals surface area contributed by atoms with E-state index in [0.29, 0.717) is 12.8 Å². The van der Waals surface area contributed by atoms with Gasteiger partial charge < -0.3 is 25.2 Å². The number of ether oxygens (including phenoxy) is 2. The molecule has 2 unspecified atom stereocenters. The van der Waals surface area contributed by atoms with Crippen molar-refractivity contribution in [1.29, 1.82) is 0 Å². The van der Waals surface area contributed by atoms with E-state index in [1.165, 1.54) is 0 Å². The standard InChI is InChI=1S/C38H62NO10P/c1-3-5-7-9-11-13-15-17-19-21-23-25-27-29-36(40)46-31-34(32-47-50(44,45)48-33-35(39)38(42)43)49-37(41)30-28-26-24-22-20-18-16-14-12-10-8-6-4-2/h5-16,34-35H,3-4,17-33,39H2,1-2H3,(H,42,43)(H,44,45)/b7-5+,8-6+,11-9+,12-10+,15-13+,16-14+/t34?,35-/m0/s1. The highest BCUT2D eigenvalue weighted by molar-refractivity contribution is 7.47. The molecule has 0 aliphatic rings. The minimum atomic E-state index is -4.72. The van der Waals surface area contributed by atoms with Gasteiger partial charge in [-0.25, -0.2) is 4.57 Å². The van der Waals surface area contributed by atoms with E-state index in [1.54, 1.807) is 0 Å². The fourth-order valence-electron chi connectivity index (χ4n) is 4.24. The van der Waals surface area contributed by atoms with Crippen LogP contribution in [0.3, 0.4) is 0 Å². The van der Waals surface area contributed by atoms with E-state index in [9.17, 15) is 23.8 Å². The number of carboxylic acid groups (broad SMARTS) is 1. The van der Waals surface area contributed by atoms with E-state index >= 15 is 0 Å². The van der Waals surface area contributed by atoms with Gasteiger partial charge >= 0.3 is 25.7 Å². The Labute approximate surface area is 300 Å². The number of nitrogens with two attached hydrogens (primary N) is 1. The number of carboxylic acids is 1. The fourth-order valence-corrected chi connectivity index (χ4v) is 5.02. The van der Waals surface area contributed by atoms with Crippen LogP contribution < -0.4 is 5.73 Å². The van der Waals surface area contributed by atoms with Crippen molar-refractivity contribution in [3.05, 3.63) is 72.9 Å². The second-order valence-corrected chi connectivity index (χ2v) is 13.2. The van der Waals surface area contributed by atoms with Crippen molar-refractivity contribution in [2.75, 3.05) is 19.8 Å². The molecule has 12 heteroatoms. The Kier molecular flexibility index (Phi) is 31.0. The van der Waals surface area contributed by atoms with Gasteiger partial charge in [0.1, 0.15) is 12.6 Å². The van der Waals surface area contributed by atoms with E-state index < -0.39 is 51.1 Å². The molecule has 3 atom stereocenters. The predicted octanol–water partition coefficient (Wildman–Crippen LogP) is 8.61. The maximum absolute atomic E-state index is 12.5. The normalized spacial score (nSPS) is 14.8. The molecule has 0 rings (SSSR count). The smallest absolute Gasteiger partial charge is 0.472 e. The van der Waals surface area contributed by atoms with Crippen LogP contribution in [0.1, 0.15) is 117 Å². The van der Waals surface area contributed by atoms with Crippen LogP contribution in [0.25, 0.3) is 0 Å². The molecule has 0 aromatic heterocycles. The zero-order valence-corrected chi connectivity index (χ0v) is 31.1. The van der Waals surface area contributed by atoms with Crippen LogP contribution >= 0.6 is 7.82 Å². The quantitative estimate of drug-likeness (QED) is 0.0263. The summed E-state index contributed by atoms with van der Waals surface area (Å²) in [6.45, 7) is 2.45. The van der Waals surface area contributed by atoms with Gasteiger partial charge in [0.05, 0.1) is 13.2 Å². The number of carbonyl (C=O) groups excluding carboxylic acids is 2. The first kappa shape index (κ1) is 46.9. The van der Waals surface area contributed by atoms with Crippen molar-refractivity contribution in [3.8, 4) is 0 Å². The molecule has 4 N–H and O–H groups in total. The van der Waals surface area contributed by atoms with Gasteiger partial charge in [0, 0.05) is 12.8 Å². The molecular weight excluding hydrogens is 661 g/mol. The van der Waals surface area contributed by atoms with Crippen LogP contribution in [-0.4, -0.2) is 59.9 Å². The van der Waals surface area contributed by atoms with Crippen molar-refractivity contribution in [3.63, 3.8) is 0 Å². The van der Waals surface area contributed by atoms with Crippen molar-refractivity contribution < 1.29 is 47.5 Å². The average molecular weight is 724 g/mol. The number of phosphoric ester groups is 1. The largest absolute Gasteiger partial charge is 0.480 e. The minimum absolute atomic E-state index is 0.129. The molecule has 284 valence electrons. The van der Waals surface area contributed by atoms with Crippen molar-refractivity contribution in [2.45, 2.75) is 129 Å². The Morgan fingerprint density at radius 2 is 1.06 bits per heavy atom. The molecule has 11 nitrogen and oxygen atoms in total. The first-order chi connectivity index (χ1) is 24.1. The summed E-state index contributed by atoms with van der Waals surface area (Å²) in [5.41, 5.74) is 5.30. The maximum Gasteiger partial charge on any atom is 0.472 e. The van der Waals surface area contributed by atoms with Gasteiger partial charge in [-0.2, -0.15) is 0 Å². The predicted molar refractivity (Wildman–Crippen MR) is 198 cm³/mol. The molecule has 0 bridgehead atoms. The second kappa shape index (κ2) is 33.1. The van der Waals surface area contributed by atoms with Gasteiger partial charge in [-0.3, -0.25) is 23.4 Å². The summed E-state index contributed by atoms with van der Waals surface area (Å²) in [7, 11) is -4.72. The van der Waals surface area contributed by atoms with Gasteiger partial charge in [0.25, 0.3) is 0 Å².